The van der Waals surface area contributed by atoms with Crippen molar-refractivity contribution in [2.75, 3.05) is 76.2 Å². The van der Waals surface area contributed by atoms with Crippen molar-refractivity contribution >= 4 is 56.7 Å². The van der Waals surface area contributed by atoms with E-state index in [1.807, 2.05) is 53.8 Å². The number of anilines is 2. The zero-order valence-electron chi connectivity index (χ0n) is 40.3. The Morgan fingerprint density at radius 3 is 2.34 bits per heavy atom. The van der Waals surface area contributed by atoms with Crippen LogP contribution in [0, 0.1) is 24.5 Å². The fraction of sp³-hybridized carbons (Fsp3) is 0.423. The first-order chi connectivity index (χ1) is 33.7. The maximum atomic E-state index is 16.1. The number of aryl methyl sites for hydroxylation is 3. The van der Waals surface area contributed by atoms with Gasteiger partial charge in [-0.05, 0) is 99.0 Å². The number of likely N-dealkylation sites (tertiary alicyclic amines) is 1. The Hall–Kier alpha value is -6.92. The predicted octanol–water partition coefficient (Wildman–Crippen LogP) is 5.51. The van der Waals surface area contributed by atoms with Crippen LogP contribution < -0.4 is 26.8 Å². The summed E-state index contributed by atoms with van der Waals surface area (Å²) in [5.74, 6) is -1.38. The molecule has 18 heteroatoms. The smallest absolute Gasteiger partial charge is 0.329 e. The van der Waals surface area contributed by atoms with Gasteiger partial charge < -0.3 is 19.7 Å². The summed E-state index contributed by atoms with van der Waals surface area (Å²) in [6, 6.07) is 13.3. The van der Waals surface area contributed by atoms with Crippen LogP contribution in [-0.2, 0) is 23.7 Å². The minimum absolute atomic E-state index is 0.0480. The van der Waals surface area contributed by atoms with Crippen LogP contribution >= 0.6 is 0 Å². The largest absolute Gasteiger partial charge is 0.386 e. The van der Waals surface area contributed by atoms with E-state index in [0.717, 1.165) is 79.0 Å². The van der Waals surface area contributed by atoms with Gasteiger partial charge in [-0.1, -0.05) is 6.08 Å². The molecular weight excluding hydrogens is 897 g/mol. The summed E-state index contributed by atoms with van der Waals surface area (Å²) < 4.78 is 37.3. The fourth-order valence-electron chi connectivity index (χ4n) is 11.3. The van der Waals surface area contributed by atoms with E-state index in [4.69, 9.17) is 0 Å². The van der Waals surface area contributed by atoms with Crippen molar-refractivity contribution in [1.82, 2.24) is 43.3 Å². The average molecular weight is 956 g/mol. The van der Waals surface area contributed by atoms with Crippen LogP contribution in [0.3, 0.4) is 0 Å². The molecule has 0 spiro atoms. The molecule has 0 aliphatic carbocycles. The normalized spacial score (nSPS) is 19.2. The molecule has 366 valence electrons. The molecule has 3 amide bonds. The van der Waals surface area contributed by atoms with Gasteiger partial charge in [0.25, 0.3) is 11.5 Å². The van der Waals surface area contributed by atoms with Crippen LogP contribution in [-0.4, -0.2) is 122 Å². The molecule has 0 radical (unpaired) electrons. The zero-order chi connectivity index (χ0) is 49.1. The number of rotatable bonds is 10. The van der Waals surface area contributed by atoms with Crippen LogP contribution in [0.2, 0.25) is 0 Å². The first kappa shape index (κ1) is 46.8. The Balaban J connectivity index is 0.729. The fourth-order valence-corrected chi connectivity index (χ4v) is 11.3. The topological polar surface area (TPSA) is 155 Å². The molecule has 70 heavy (non-hydrogen) atoms. The van der Waals surface area contributed by atoms with Gasteiger partial charge in [0.1, 0.15) is 17.5 Å². The van der Waals surface area contributed by atoms with Crippen LogP contribution in [0.15, 0.2) is 76.6 Å². The number of benzene rings is 2. The molecule has 0 saturated carbocycles. The number of hydrogen-bond acceptors (Lipinski definition) is 10. The number of aromatic nitrogens is 5. The molecular formula is C52H59F2N11O5. The molecule has 8 heterocycles. The summed E-state index contributed by atoms with van der Waals surface area (Å²) in [5.41, 5.74) is 6.70. The Bertz CT molecular complexity index is 3200. The molecule has 16 nitrogen and oxygen atoms in total. The molecule has 0 unspecified atom stereocenters. The van der Waals surface area contributed by atoms with Gasteiger partial charge in [-0.15, -0.1) is 0 Å². The van der Waals surface area contributed by atoms with Crippen molar-refractivity contribution in [2.24, 2.45) is 20.0 Å². The number of carbonyl (C=O) groups excluding carboxylic acids is 3. The summed E-state index contributed by atoms with van der Waals surface area (Å²) in [7, 11) is 5.21. The van der Waals surface area contributed by atoms with E-state index in [9.17, 15) is 28.4 Å². The Labute approximate surface area is 403 Å². The average Bonchev–Trinajstić information content (AvgIpc) is 3.83. The molecule has 2 atom stereocenters. The predicted molar refractivity (Wildman–Crippen MR) is 265 cm³/mol. The van der Waals surface area contributed by atoms with Crippen molar-refractivity contribution in [2.45, 2.75) is 58.0 Å². The lowest BCUT2D eigenvalue weighted by molar-refractivity contribution is -0.135. The van der Waals surface area contributed by atoms with Gasteiger partial charge in [-0.25, -0.2) is 18.6 Å². The van der Waals surface area contributed by atoms with E-state index in [1.165, 1.54) is 27.5 Å². The highest BCUT2D eigenvalue weighted by Gasteiger charge is 2.33. The number of nitrogens with zero attached hydrogens (tertiary/aromatic N) is 9. The number of nitrogens with one attached hydrogen (secondary N) is 2. The zero-order valence-corrected chi connectivity index (χ0v) is 40.3. The van der Waals surface area contributed by atoms with Gasteiger partial charge in [0.05, 0.1) is 28.6 Å². The Morgan fingerprint density at radius 2 is 1.64 bits per heavy atom. The summed E-state index contributed by atoms with van der Waals surface area (Å²) in [4.78, 5) is 78.1. The van der Waals surface area contributed by atoms with Gasteiger partial charge in [-0.2, -0.15) is 0 Å². The highest BCUT2D eigenvalue weighted by Crippen LogP contribution is 2.35. The van der Waals surface area contributed by atoms with Crippen molar-refractivity contribution in [3.8, 4) is 5.69 Å². The van der Waals surface area contributed by atoms with Crippen molar-refractivity contribution < 1.29 is 23.2 Å². The Morgan fingerprint density at radius 1 is 0.871 bits per heavy atom. The van der Waals surface area contributed by atoms with E-state index >= 15 is 4.39 Å². The van der Waals surface area contributed by atoms with E-state index in [2.05, 4.69) is 43.3 Å². The lowest BCUT2D eigenvalue weighted by Crippen LogP contribution is -2.49. The molecule has 2 aromatic carbocycles. The minimum Gasteiger partial charge on any atom is -0.386 e. The number of fused-ring (bicyclic) bond motifs is 2. The number of carbonyl (C=O) groups is 3. The van der Waals surface area contributed by atoms with Crippen LogP contribution in [0.4, 0.5) is 20.2 Å². The second-order valence-electron chi connectivity index (χ2n) is 19.4. The second kappa shape index (κ2) is 18.8. The van der Waals surface area contributed by atoms with Gasteiger partial charge in [0.2, 0.25) is 11.8 Å². The quantitative estimate of drug-likeness (QED) is 0.168. The lowest BCUT2D eigenvalue weighted by Gasteiger charge is -2.39. The number of imidazole rings is 1. The molecule has 4 aromatic heterocycles. The van der Waals surface area contributed by atoms with E-state index in [-0.39, 0.29) is 47.0 Å². The number of piperidine rings is 2. The molecule has 2 N–H and O–H groups in total. The first-order valence-electron chi connectivity index (χ1n) is 24.3. The summed E-state index contributed by atoms with van der Waals surface area (Å²) in [5, 5.41) is 5.81. The van der Waals surface area contributed by atoms with Crippen LogP contribution in [0.5, 0.6) is 0 Å². The molecule has 4 aliphatic heterocycles. The highest BCUT2D eigenvalue weighted by molar-refractivity contribution is 6.00. The molecule has 10 rings (SSSR count). The number of hydrogen-bond donors (Lipinski definition) is 2. The number of halogens is 2. The van der Waals surface area contributed by atoms with Crippen LogP contribution in [0.25, 0.3) is 33.3 Å². The van der Waals surface area contributed by atoms with Crippen molar-refractivity contribution in [3.63, 3.8) is 0 Å². The van der Waals surface area contributed by atoms with Gasteiger partial charge >= 0.3 is 5.69 Å². The third-order valence-corrected chi connectivity index (χ3v) is 15.3. The van der Waals surface area contributed by atoms with Crippen molar-refractivity contribution in [3.05, 3.63) is 122 Å². The SMILES string of the molecule is CNc1cc(=O)n(-c2ccnc3c2cc([C@H](C)N2CC=C(c4c(C)cc(C(=O)N5CCC(CN6CCN(c7ccc8c(c7)n(C)c(=O)n8[C@H]7CCC(=O)NC7=O)CC6)CC5)cc4F)CC2)n3C)cc1F. The summed E-state index contributed by atoms with van der Waals surface area (Å²) in [6.45, 7) is 10.9. The Kier molecular flexibility index (Phi) is 12.5. The van der Waals surface area contributed by atoms with Gasteiger partial charge in [0.15, 0.2) is 5.82 Å². The summed E-state index contributed by atoms with van der Waals surface area (Å²) >= 11 is 0. The maximum absolute atomic E-state index is 16.1. The first-order valence-corrected chi connectivity index (χ1v) is 24.3. The van der Waals surface area contributed by atoms with E-state index in [0.29, 0.717) is 72.9 Å². The lowest BCUT2D eigenvalue weighted by atomic mass is 9.92. The van der Waals surface area contributed by atoms with Crippen LogP contribution in [0.1, 0.15) is 78.3 Å². The number of piperazine rings is 1. The maximum Gasteiger partial charge on any atom is 0.329 e. The molecule has 3 fully saturated rings. The standard InChI is InChI=1S/C52H59F2N11O5/c1-31-24-35(25-38(53)48(31)34-13-18-61(19-14-34)32(2)44-27-37-41(10-15-56-49(37)58(44)4)64-30-39(54)40(55-3)28-47(64)67)51(69)63-16-11-33(12-17-63)29-60-20-22-62(23-21-60)36-6-7-42-45(26-36)59(5)52(70)65(42)43-8-9-46(66)57-50(43)68/h6-7,10,13,15,24-28,30,32-33,43,55H,8-9,11-12,14,16-23,29H2,1-5H3,(H,57,66,68)/t32-,43-/m0/s1. The second-order valence-corrected chi connectivity index (χ2v) is 19.4. The van der Waals surface area contributed by atoms with E-state index < -0.39 is 17.8 Å². The number of amides is 3. The van der Waals surface area contributed by atoms with Gasteiger partial charge in [0, 0.05) is 133 Å². The number of pyridine rings is 2. The molecule has 6 aromatic rings. The molecule has 0 bridgehead atoms. The third kappa shape index (κ3) is 8.50. The highest BCUT2D eigenvalue weighted by atomic mass is 19.1. The van der Waals surface area contributed by atoms with Gasteiger partial charge in [-0.3, -0.25) is 48.0 Å². The number of imide groups is 1. The summed E-state index contributed by atoms with van der Waals surface area (Å²) in [6.07, 6.45) is 7.76. The minimum atomic E-state index is -0.719. The van der Waals surface area contributed by atoms with E-state index in [1.54, 1.807) is 30.9 Å². The third-order valence-electron chi connectivity index (χ3n) is 15.3. The molecule has 4 aliphatic rings. The van der Waals surface area contributed by atoms with Crippen molar-refractivity contribution in [1.29, 1.82) is 0 Å². The molecule has 3 saturated heterocycles. The monoisotopic (exact) mass is 955 g/mol.